The number of amides is 1. The zero-order chi connectivity index (χ0) is 13.7. The molecule has 0 aliphatic carbocycles. The summed E-state index contributed by atoms with van der Waals surface area (Å²) in [6.07, 6.45) is 2.20. The number of hydrogen-bond acceptors (Lipinski definition) is 2. The van der Waals surface area contributed by atoms with E-state index >= 15 is 0 Å². The minimum absolute atomic E-state index is 0.148. The number of hydrogen-bond donors (Lipinski definition) is 1. The van der Waals surface area contributed by atoms with E-state index in [0.717, 1.165) is 49.1 Å². The normalized spacial score (nSPS) is 16.6. The van der Waals surface area contributed by atoms with Gasteiger partial charge in [0.25, 0.3) is 5.91 Å². The number of benzene rings is 1. The predicted molar refractivity (Wildman–Crippen MR) is 81.3 cm³/mol. The Morgan fingerprint density at radius 3 is 2.68 bits per heavy atom. The average molecular weight is 325 g/mol. The molecule has 19 heavy (non-hydrogen) atoms. The second kappa shape index (κ2) is 7.06. The molecule has 0 unspecified atom stereocenters. The molecule has 0 aromatic heterocycles. The van der Waals surface area contributed by atoms with Crippen LogP contribution in [0.3, 0.4) is 0 Å². The summed E-state index contributed by atoms with van der Waals surface area (Å²) >= 11 is 3.45. The maximum absolute atomic E-state index is 12.4. The molecule has 2 rings (SSSR count). The van der Waals surface area contributed by atoms with Gasteiger partial charge < -0.3 is 10.2 Å². The van der Waals surface area contributed by atoms with Crippen LogP contribution in [-0.4, -0.2) is 37.0 Å². The van der Waals surface area contributed by atoms with E-state index in [2.05, 4.69) is 28.2 Å². The number of rotatable bonds is 4. The van der Waals surface area contributed by atoms with Crippen LogP contribution >= 0.6 is 15.9 Å². The lowest BCUT2D eigenvalue weighted by Gasteiger charge is -2.32. The summed E-state index contributed by atoms with van der Waals surface area (Å²) in [5.74, 6) is 0.859. The molecule has 1 aromatic carbocycles. The highest BCUT2D eigenvalue weighted by Gasteiger charge is 2.24. The summed E-state index contributed by atoms with van der Waals surface area (Å²) in [6, 6.07) is 7.65. The van der Waals surface area contributed by atoms with E-state index in [1.54, 1.807) is 0 Å². The topological polar surface area (TPSA) is 32.3 Å². The molecule has 1 aromatic rings. The molecular weight excluding hydrogens is 304 g/mol. The maximum atomic E-state index is 12.4. The van der Waals surface area contributed by atoms with Crippen LogP contribution in [0.5, 0.6) is 0 Å². The van der Waals surface area contributed by atoms with Crippen LogP contribution in [-0.2, 0) is 0 Å². The fourth-order valence-electron chi connectivity index (χ4n) is 2.49. The third-order valence-corrected chi connectivity index (χ3v) is 4.38. The largest absolute Gasteiger partial charge is 0.339 e. The zero-order valence-corrected chi connectivity index (χ0v) is 12.9. The Balaban J connectivity index is 1.91. The van der Waals surface area contributed by atoms with Crippen molar-refractivity contribution >= 4 is 21.8 Å². The third-order valence-electron chi connectivity index (χ3n) is 3.69. The summed E-state index contributed by atoms with van der Waals surface area (Å²) in [5, 5.41) is 3.39. The Morgan fingerprint density at radius 1 is 1.37 bits per heavy atom. The minimum atomic E-state index is 0.148. The molecule has 0 saturated carbocycles. The molecule has 3 nitrogen and oxygen atoms in total. The molecule has 1 N–H and O–H groups in total. The lowest BCUT2D eigenvalue weighted by molar-refractivity contribution is 0.0689. The summed E-state index contributed by atoms with van der Waals surface area (Å²) in [5.41, 5.74) is 0.771. The lowest BCUT2D eigenvalue weighted by Crippen LogP contribution is -2.40. The number of nitrogens with zero attached hydrogens (tertiary/aromatic N) is 1. The van der Waals surface area contributed by atoms with Gasteiger partial charge in [-0.05, 0) is 59.9 Å². The van der Waals surface area contributed by atoms with Gasteiger partial charge >= 0.3 is 0 Å². The minimum Gasteiger partial charge on any atom is -0.339 e. The number of piperidine rings is 1. The van der Waals surface area contributed by atoms with Crippen LogP contribution in [0.15, 0.2) is 28.7 Å². The number of nitrogens with one attached hydrogen (secondary N) is 1. The Bertz CT molecular complexity index is 428. The van der Waals surface area contributed by atoms with Gasteiger partial charge in [-0.15, -0.1) is 0 Å². The van der Waals surface area contributed by atoms with Gasteiger partial charge in [0.1, 0.15) is 0 Å². The molecule has 1 saturated heterocycles. The highest BCUT2D eigenvalue weighted by molar-refractivity contribution is 9.10. The van der Waals surface area contributed by atoms with Crippen molar-refractivity contribution in [3.05, 3.63) is 34.3 Å². The Kier molecular flexibility index (Phi) is 5.40. The second-order valence-corrected chi connectivity index (χ2v) is 5.88. The first-order valence-electron chi connectivity index (χ1n) is 6.97. The van der Waals surface area contributed by atoms with Crippen molar-refractivity contribution in [2.24, 2.45) is 5.92 Å². The van der Waals surface area contributed by atoms with Crippen LogP contribution in [0.2, 0.25) is 0 Å². The molecule has 0 bridgehead atoms. The van der Waals surface area contributed by atoms with Crippen molar-refractivity contribution in [3.8, 4) is 0 Å². The van der Waals surface area contributed by atoms with Gasteiger partial charge in [0.15, 0.2) is 0 Å². The van der Waals surface area contributed by atoms with E-state index in [1.807, 2.05) is 29.2 Å². The van der Waals surface area contributed by atoms with Gasteiger partial charge in [-0.3, -0.25) is 4.79 Å². The fourth-order valence-corrected chi connectivity index (χ4v) is 2.95. The van der Waals surface area contributed by atoms with E-state index in [9.17, 15) is 4.79 Å². The Morgan fingerprint density at radius 2 is 2.05 bits per heavy atom. The van der Waals surface area contributed by atoms with Gasteiger partial charge in [0.2, 0.25) is 0 Å². The summed E-state index contributed by atoms with van der Waals surface area (Å²) in [7, 11) is 0. The molecule has 1 amide bonds. The molecule has 1 aliphatic heterocycles. The van der Waals surface area contributed by atoms with Crippen LogP contribution in [0.25, 0.3) is 0 Å². The third kappa shape index (κ3) is 3.80. The van der Waals surface area contributed by atoms with Crippen LogP contribution in [0.1, 0.15) is 30.1 Å². The predicted octanol–water partition coefficient (Wildman–Crippen LogP) is 2.91. The van der Waals surface area contributed by atoms with Gasteiger partial charge in [0, 0.05) is 17.6 Å². The first kappa shape index (κ1) is 14.5. The van der Waals surface area contributed by atoms with Crippen molar-refractivity contribution in [3.63, 3.8) is 0 Å². The summed E-state index contributed by atoms with van der Waals surface area (Å²) in [6.45, 7) is 5.97. The van der Waals surface area contributed by atoms with Crippen LogP contribution in [0.4, 0.5) is 0 Å². The SMILES string of the molecule is CCNCC1CCN(C(=O)c2ccccc2Br)CC1. The lowest BCUT2D eigenvalue weighted by atomic mass is 9.96. The number of likely N-dealkylation sites (tertiary alicyclic amines) is 1. The van der Waals surface area contributed by atoms with Gasteiger partial charge in [-0.2, -0.15) is 0 Å². The molecule has 1 heterocycles. The first-order chi connectivity index (χ1) is 9.22. The molecule has 4 heteroatoms. The Hall–Kier alpha value is -0.870. The summed E-state index contributed by atoms with van der Waals surface area (Å²) < 4.78 is 0.884. The van der Waals surface area contributed by atoms with Crippen LogP contribution < -0.4 is 5.32 Å². The highest BCUT2D eigenvalue weighted by Crippen LogP contribution is 2.22. The standard InChI is InChI=1S/C15H21BrN2O/c1-2-17-11-12-7-9-18(10-8-12)15(19)13-5-3-4-6-14(13)16/h3-6,12,17H,2,7-11H2,1H3. The average Bonchev–Trinajstić information content (AvgIpc) is 2.45. The fraction of sp³-hybridized carbons (Fsp3) is 0.533. The van der Waals surface area contributed by atoms with E-state index in [4.69, 9.17) is 0 Å². The first-order valence-corrected chi connectivity index (χ1v) is 7.76. The van der Waals surface area contributed by atoms with Gasteiger partial charge in [-0.1, -0.05) is 19.1 Å². The smallest absolute Gasteiger partial charge is 0.254 e. The van der Waals surface area contributed by atoms with Crippen molar-refractivity contribution in [2.75, 3.05) is 26.2 Å². The van der Waals surface area contributed by atoms with E-state index in [-0.39, 0.29) is 5.91 Å². The molecule has 0 spiro atoms. The molecule has 0 radical (unpaired) electrons. The highest BCUT2D eigenvalue weighted by atomic mass is 79.9. The van der Waals surface area contributed by atoms with Crippen molar-refractivity contribution in [1.29, 1.82) is 0 Å². The van der Waals surface area contributed by atoms with Gasteiger partial charge in [0.05, 0.1) is 5.56 Å². The number of carbonyl (C=O) groups is 1. The molecular formula is C15H21BrN2O. The molecule has 0 atom stereocenters. The monoisotopic (exact) mass is 324 g/mol. The molecule has 1 aliphatic rings. The van der Waals surface area contributed by atoms with E-state index in [1.165, 1.54) is 0 Å². The van der Waals surface area contributed by atoms with E-state index in [0.29, 0.717) is 5.92 Å². The van der Waals surface area contributed by atoms with Crippen LogP contribution in [0, 0.1) is 5.92 Å². The maximum Gasteiger partial charge on any atom is 0.254 e. The van der Waals surface area contributed by atoms with Gasteiger partial charge in [-0.25, -0.2) is 0 Å². The van der Waals surface area contributed by atoms with Crippen molar-refractivity contribution < 1.29 is 4.79 Å². The number of halogens is 1. The summed E-state index contributed by atoms with van der Waals surface area (Å²) in [4.78, 5) is 14.4. The molecule has 1 fully saturated rings. The Labute approximate surface area is 123 Å². The number of carbonyl (C=O) groups excluding carboxylic acids is 1. The quantitative estimate of drug-likeness (QED) is 0.923. The molecule has 104 valence electrons. The van der Waals surface area contributed by atoms with E-state index < -0.39 is 0 Å². The zero-order valence-electron chi connectivity index (χ0n) is 11.4. The second-order valence-electron chi connectivity index (χ2n) is 5.02. The van der Waals surface area contributed by atoms with Crippen molar-refractivity contribution in [1.82, 2.24) is 10.2 Å². The van der Waals surface area contributed by atoms with Crippen molar-refractivity contribution in [2.45, 2.75) is 19.8 Å².